The van der Waals surface area contributed by atoms with E-state index in [9.17, 15) is 9.59 Å². The Morgan fingerprint density at radius 2 is 1.37 bits per heavy atom. The zero-order valence-corrected chi connectivity index (χ0v) is 27.5. The van der Waals surface area contributed by atoms with Gasteiger partial charge in [0.1, 0.15) is 11.8 Å². The second kappa shape index (κ2) is 10.9. The highest BCUT2D eigenvalue weighted by Gasteiger charge is 2.66. The number of carbonyl (C=O) groups is 2. The van der Waals surface area contributed by atoms with Crippen LogP contribution < -0.4 is 0 Å². The van der Waals surface area contributed by atoms with Gasteiger partial charge in [-0.15, -0.1) is 0 Å². The SMILES string of the molecule is CC(=O)CC1C([N+]2(C)CCCCC2)C[C@H]2C3CC[C@H]4C[C@@H](OC(C)=O)C([N+]5(C)CCCCC5)CC4(C)[C@H]3CCC12C. The van der Waals surface area contributed by atoms with Gasteiger partial charge < -0.3 is 18.5 Å². The number of fused-ring (bicyclic) bond motifs is 5. The first-order chi connectivity index (χ1) is 19.4. The summed E-state index contributed by atoms with van der Waals surface area (Å²) in [7, 11) is 5.04. The zero-order valence-electron chi connectivity index (χ0n) is 27.5. The number of hydrogen-bond donors (Lipinski definition) is 0. The van der Waals surface area contributed by atoms with Crippen molar-refractivity contribution in [3.63, 3.8) is 0 Å². The molecule has 2 heterocycles. The monoisotopic (exact) mass is 570 g/mol. The van der Waals surface area contributed by atoms with E-state index >= 15 is 0 Å². The molecule has 6 aliphatic rings. The molecule has 0 aromatic rings. The molecule has 0 aromatic carbocycles. The van der Waals surface area contributed by atoms with E-state index in [-0.39, 0.29) is 12.1 Å². The number of nitrogens with zero attached hydrogens (tertiary/aromatic N) is 2. The smallest absolute Gasteiger partial charge is 0.303 e. The Bertz CT molecular complexity index is 999. The van der Waals surface area contributed by atoms with Gasteiger partial charge in [0.15, 0.2) is 6.10 Å². The van der Waals surface area contributed by atoms with E-state index in [0.29, 0.717) is 40.5 Å². The third kappa shape index (κ3) is 5.05. The van der Waals surface area contributed by atoms with Gasteiger partial charge in [-0.25, -0.2) is 0 Å². The van der Waals surface area contributed by atoms with Crippen molar-refractivity contribution in [1.82, 2.24) is 0 Å². The van der Waals surface area contributed by atoms with Crippen LogP contribution in [0.5, 0.6) is 0 Å². The van der Waals surface area contributed by atoms with Crippen LogP contribution in [0.1, 0.15) is 118 Å². The fourth-order valence-corrected chi connectivity index (χ4v) is 12.8. The van der Waals surface area contributed by atoms with Crippen molar-refractivity contribution >= 4 is 11.8 Å². The lowest BCUT2D eigenvalue weighted by molar-refractivity contribution is -0.943. The second-order valence-electron chi connectivity index (χ2n) is 17.1. The standard InChI is InChI=1S/C36H62N2O3/c1-25(39)21-31-32(37(5)17-9-7-10-18-37)23-30-28-14-13-27-22-34(41-26(2)40)33(38(6)19-11-8-12-20-38)24-36(27,4)29(28)15-16-35(30,31)3/h27-34H,7-24H2,1-6H3/q+2/t27-,28?,29-,30-,31?,32?,33?,34+,35?,36?/m0/s1. The fourth-order valence-electron chi connectivity index (χ4n) is 12.8. The Morgan fingerprint density at radius 3 is 1.95 bits per heavy atom. The highest BCUT2D eigenvalue weighted by Crippen LogP contribution is 2.69. The largest absolute Gasteiger partial charge is 0.456 e. The Kier molecular flexibility index (Phi) is 8.00. The Labute approximate surface area is 251 Å². The molecule has 0 amide bonds. The van der Waals surface area contributed by atoms with Crippen molar-refractivity contribution in [2.75, 3.05) is 40.3 Å². The van der Waals surface area contributed by atoms with E-state index in [1.807, 2.05) is 6.92 Å². The van der Waals surface area contributed by atoms with Gasteiger partial charge in [0.25, 0.3) is 0 Å². The summed E-state index contributed by atoms with van der Waals surface area (Å²) in [6.45, 7) is 13.9. The normalized spacial score (nSPS) is 47.0. The molecule has 232 valence electrons. The van der Waals surface area contributed by atoms with Gasteiger partial charge in [0.2, 0.25) is 0 Å². The molecule has 0 radical (unpaired) electrons. The molecule has 6 unspecified atom stereocenters. The lowest BCUT2D eigenvalue weighted by Gasteiger charge is -2.63. The summed E-state index contributed by atoms with van der Waals surface area (Å²) in [5.41, 5.74) is 0.640. The van der Waals surface area contributed by atoms with Crippen LogP contribution >= 0.6 is 0 Å². The van der Waals surface area contributed by atoms with E-state index in [1.165, 1.54) is 108 Å². The fraction of sp³-hybridized carbons (Fsp3) is 0.944. The van der Waals surface area contributed by atoms with Crippen LogP contribution in [-0.4, -0.2) is 79.2 Å². The molecule has 2 aliphatic heterocycles. The first-order valence-electron chi connectivity index (χ1n) is 17.7. The quantitative estimate of drug-likeness (QED) is 0.271. The molecular formula is C36H62N2O3+2. The lowest BCUT2D eigenvalue weighted by atomic mass is 9.44. The molecule has 0 spiro atoms. The highest BCUT2D eigenvalue weighted by molar-refractivity contribution is 5.76. The predicted molar refractivity (Wildman–Crippen MR) is 164 cm³/mol. The number of likely N-dealkylation sites (tertiary alicyclic amines) is 2. The minimum Gasteiger partial charge on any atom is -0.456 e. The van der Waals surface area contributed by atoms with E-state index in [4.69, 9.17) is 4.74 Å². The lowest BCUT2D eigenvalue weighted by Crippen LogP contribution is -2.66. The van der Waals surface area contributed by atoms with Crippen LogP contribution in [0.3, 0.4) is 0 Å². The van der Waals surface area contributed by atoms with E-state index in [2.05, 4.69) is 27.9 Å². The van der Waals surface area contributed by atoms with E-state index < -0.39 is 0 Å². The van der Waals surface area contributed by atoms with Crippen molar-refractivity contribution in [2.24, 2.45) is 40.4 Å². The number of hydrogen-bond acceptors (Lipinski definition) is 3. The van der Waals surface area contributed by atoms with Gasteiger partial charge in [-0.05, 0) is 112 Å². The van der Waals surface area contributed by atoms with Crippen LogP contribution in [0, 0.1) is 40.4 Å². The van der Waals surface area contributed by atoms with Crippen molar-refractivity contribution in [3.05, 3.63) is 0 Å². The summed E-state index contributed by atoms with van der Waals surface area (Å²) < 4.78 is 8.53. The summed E-state index contributed by atoms with van der Waals surface area (Å²) in [5.74, 6) is 3.87. The number of esters is 1. The third-order valence-corrected chi connectivity index (χ3v) is 15.0. The molecule has 5 heteroatoms. The van der Waals surface area contributed by atoms with Gasteiger partial charge in [0, 0.05) is 32.1 Å². The molecular weight excluding hydrogens is 508 g/mol. The summed E-state index contributed by atoms with van der Waals surface area (Å²) in [6.07, 6.45) is 17.9. The van der Waals surface area contributed by atoms with Crippen LogP contribution in [-0.2, 0) is 14.3 Å². The number of quaternary nitrogens is 2. The minimum absolute atomic E-state index is 0.0819. The van der Waals surface area contributed by atoms with Crippen molar-refractivity contribution in [1.29, 1.82) is 0 Å². The predicted octanol–water partition coefficient (Wildman–Crippen LogP) is 6.77. The number of ether oxygens (including phenoxy) is 1. The molecule has 6 rings (SSSR count). The van der Waals surface area contributed by atoms with E-state index in [0.717, 1.165) is 35.1 Å². The summed E-state index contributed by atoms with van der Waals surface area (Å²) in [6, 6.07) is 1.09. The van der Waals surface area contributed by atoms with Crippen LogP contribution in [0.15, 0.2) is 0 Å². The van der Waals surface area contributed by atoms with Crippen LogP contribution in [0.2, 0.25) is 0 Å². The van der Waals surface area contributed by atoms with Gasteiger partial charge in [0.05, 0.1) is 46.3 Å². The molecule has 41 heavy (non-hydrogen) atoms. The van der Waals surface area contributed by atoms with Gasteiger partial charge in [-0.1, -0.05) is 13.8 Å². The van der Waals surface area contributed by atoms with Crippen molar-refractivity contribution in [2.45, 2.75) is 136 Å². The molecule has 0 N–H and O–H groups in total. The first kappa shape index (κ1) is 30.1. The highest BCUT2D eigenvalue weighted by atomic mass is 16.5. The molecule has 4 saturated carbocycles. The molecule has 0 bridgehead atoms. The number of piperidine rings is 2. The third-order valence-electron chi connectivity index (χ3n) is 15.0. The molecule has 2 saturated heterocycles. The summed E-state index contributed by atoms with van der Waals surface area (Å²) in [5, 5.41) is 0. The number of carbonyl (C=O) groups excluding carboxylic acids is 2. The second-order valence-corrected chi connectivity index (χ2v) is 17.1. The van der Waals surface area contributed by atoms with Gasteiger partial charge in [-0.3, -0.25) is 4.79 Å². The Morgan fingerprint density at radius 1 is 0.756 bits per heavy atom. The summed E-state index contributed by atoms with van der Waals surface area (Å²) >= 11 is 0. The minimum atomic E-state index is -0.0859. The average molecular weight is 571 g/mol. The average Bonchev–Trinajstić information content (AvgIpc) is 3.21. The molecule has 4 aliphatic carbocycles. The molecule has 5 nitrogen and oxygen atoms in total. The van der Waals surface area contributed by atoms with Gasteiger partial charge >= 0.3 is 5.97 Å². The maximum atomic E-state index is 12.7. The molecule has 0 aromatic heterocycles. The maximum Gasteiger partial charge on any atom is 0.303 e. The number of rotatable bonds is 5. The number of likely N-dealkylation sites (N-methyl/N-ethyl adjacent to an activating group) is 1. The Balaban J connectivity index is 1.31. The van der Waals surface area contributed by atoms with Crippen molar-refractivity contribution < 1.29 is 23.3 Å². The maximum absolute atomic E-state index is 12.7. The topological polar surface area (TPSA) is 43.4 Å². The number of ketones is 1. The van der Waals surface area contributed by atoms with Crippen LogP contribution in [0.25, 0.3) is 0 Å². The number of Topliss-reactive ketones (excluding diaryl/α,β-unsaturated/α-hetero) is 1. The van der Waals surface area contributed by atoms with Crippen molar-refractivity contribution in [3.8, 4) is 0 Å². The van der Waals surface area contributed by atoms with E-state index in [1.54, 1.807) is 6.92 Å². The van der Waals surface area contributed by atoms with Crippen LogP contribution in [0.4, 0.5) is 0 Å². The molecule has 10 atom stereocenters. The van der Waals surface area contributed by atoms with Gasteiger partial charge in [-0.2, -0.15) is 0 Å². The first-order valence-corrected chi connectivity index (χ1v) is 17.7. The molecule has 6 fully saturated rings. The Hall–Kier alpha value is -0.940. The summed E-state index contributed by atoms with van der Waals surface area (Å²) in [4.78, 5) is 25.1. The zero-order chi connectivity index (χ0) is 29.2.